The molecule has 1 heterocycles. The SMILES string of the molecule is COC(=O)C(CN(C)Cc1ccc[nH]1)C(C)C. The van der Waals surface area contributed by atoms with Crippen LogP contribution in [0, 0.1) is 11.8 Å². The van der Waals surface area contributed by atoms with Gasteiger partial charge >= 0.3 is 5.97 Å². The highest BCUT2D eigenvalue weighted by atomic mass is 16.5. The molecule has 0 aliphatic rings. The lowest BCUT2D eigenvalue weighted by atomic mass is 9.95. The first-order chi connectivity index (χ1) is 8.04. The number of nitrogens with zero attached hydrogens (tertiary/aromatic N) is 1. The van der Waals surface area contributed by atoms with Gasteiger partial charge in [0.25, 0.3) is 0 Å². The molecule has 0 aromatic carbocycles. The van der Waals surface area contributed by atoms with E-state index in [1.165, 1.54) is 7.11 Å². The van der Waals surface area contributed by atoms with E-state index in [1.807, 2.05) is 39.2 Å². The van der Waals surface area contributed by atoms with Crippen molar-refractivity contribution >= 4 is 5.97 Å². The topological polar surface area (TPSA) is 45.3 Å². The van der Waals surface area contributed by atoms with Gasteiger partial charge in [-0.25, -0.2) is 0 Å². The van der Waals surface area contributed by atoms with Gasteiger partial charge < -0.3 is 9.72 Å². The van der Waals surface area contributed by atoms with E-state index in [9.17, 15) is 4.79 Å². The fraction of sp³-hybridized carbons (Fsp3) is 0.615. The van der Waals surface area contributed by atoms with E-state index in [4.69, 9.17) is 4.74 Å². The van der Waals surface area contributed by atoms with Gasteiger partial charge in [-0.15, -0.1) is 0 Å². The van der Waals surface area contributed by atoms with Crippen LogP contribution >= 0.6 is 0 Å². The average molecular weight is 238 g/mol. The van der Waals surface area contributed by atoms with E-state index in [0.29, 0.717) is 6.54 Å². The summed E-state index contributed by atoms with van der Waals surface area (Å²) < 4.78 is 4.84. The van der Waals surface area contributed by atoms with Gasteiger partial charge in [-0.2, -0.15) is 0 Å². The lowest BCUT2D eigenvalue weighted by Crippen LogP contribution is -2.34. The van der Waals surface area contributed by atoms with Gasteiger partial charge in [0.15, 0.2) is 0 Å². The highest BCUT2D eigenvalue weighted by Crippen LogP contribution is 2.15. The molecule has 1 aromatic rings. The molecule has 1 unspecified atom stereocenters. The molecule has 0 amide bonds. The second-order valence-corrected chi connectivity index (χ2v) is 4.77. The number of carbonyl (C=O) groups excluding carboxylic acids is 1. The predicted molar refractivity (Wildman–Crippen MR) is 67.5 cm³/mol. The molecular formula is C13H22N2O2. The number of hydrogen-bond donors (Lipinski definition) is 1. The Kier molecular flexibility index (Phi) is 5.22. The number of esters is 1. The van der Waals surface area contributed by atoms with Gasteiger partial charge in [-0.1, -0.05) is 13.8 Å². The van der Waals surface area contributed by atoms with Crippen molar-refractivity contribution in [2.45, 2.75) is 20.4 Å². The number of carbonyl (C=O) groups is 1. The Morgan fingerprint density at radius 1 is 1.53 bits per heavy atom. The van der Waals surface area contributed by atoms with Gasteiger partial charge in [-0.05, 0) is 25.1 Å². The summed E-state index contributed by atoms with van der Waals surface area (Å²) in [6, 6.07) is 4.02. The number of hydrogen-bond acceptors (Lipinski definition) is 3. The highest BCUT2D eigenvalue weighted by molar-refractivity contribution is 5.72. The zero-order valence-electron chi connectivity index (χ0n) is 11.1. The number of aromatic amines is 1. The Labute approximate surface area is 103 Å². The maximum absolute atomic E-state index is 11.6. The summed E-state index contributed by atoms with van der Waals surface area (Å²) in [5.74, 6) is 0.0897. The Bertz CT molecular complexity index is 333. The molecule has 4 nitrogen and oxygen atoms in total. The van der Waals surface area contributed by atoms with E-state index in [-0.39, 0.29) is 17.8 Å². The molecule has 0 saturated heterocycles. The van der Waals surface area contributed by atoms with Crippen molar-refractivity contribution in [1.29, 1.82) is 0 Å². The molecule has 1 aromatic heterocycles. The number of nitrogens with one attached hydrogen (secondary N) is 1. The van der Waals surface area contributed by atoms with Crippen molar-refractivity contribution < 1.29 is 9.53 Å². The normalized spacial score (nSPS) is 13.1. The van der Waals surface area contributed by atoms with Gasteiger partial charge in [0.05, 0.1) is 13.0 Å². The van der Waals surface area contributed by atoms with Gasteiger partial charge in [0.2, 0.25) is 0 Å². The van der Waals surface area contributed by atoms with E-state index >= 15 is 0 Å². The molecule has 0 bridgehead atoms. The second-order valence-electron chi connectivity index (χ2n) is 4.77. The summed E-state index contributed by atoms with van der Waals surface area (Å²) in [7, 11) is 3.46. The summed E-state index contributed by atoms with van der Waals surface area (Å²) in [5.41, 5.74) is 1.15. The third-order valence-corrected chi connectivity index (χ3v) is 2.92. The van der Waals surface area contributed by atoms with Crippen LogP contribution in [0.3, 0.4) is 0 Å². The molecule has 1 atom stereocenters. The summed E-state index contributed by atoms with van der Waals surface area (Å²) in [5, 5.41) is 0. The van der Waals surface area contributed by atoms with Crippen molar-refractivity contribution in [1.82, 2.24) is 9.88 Å². The van der Waals surface area contributed by atoms with E-state index in [0.717, 1.165) is 12.2 Å². The first-order valence-electron chi connectivity index (χ1n) is 5.93. The fourth-order valence-electron chi connectivity index (χ4n) is 1.87. The minimum atomic E-state index is -0.127. The smallest absolute Gasteiger partial charge is 0.310 e. The molecule has 0 spiro atoms. The maximum Gasteiger partial charge on any atom is 0.310 e. The molecular weight excluding hydrogens is 216 g/mol. The second kappa shape index (κ2) is 6.45. The zero-order valence-corrected chi connectivity index (χ0v) is 11.1. The summed E-state index contributed by atoms with van der Waals surface area (Å²) in [6.45, 7) is 5.62. The van der Waals surface area contributed by atoms with Crippen LogP contribution in [0.2, 0.25) is 0 Å². The molecule has 0 fully saturated rings. The van der Waals surface area contributed by atoms with E-state index in [2.05, 4.69) is 9.88 Å². The van der Waals surface area contributed by atoms with Crippen LogP contribution in [0.4, 0.5) is 0 Å². The standard InChI is InChI=1S/C13H22N2O2/c1-10(2)12(13(16)17-4)9-15(3)8-11-6-5-7-14-11/h5-7,10,12,14H,8-9H2,1-4H3. The van der Waals surface area contributed by atoms with Crippen molar-refractivity contribution in [3.8, 4) is 0 Å². The van der Waals surface area contributed by atoms with Crippen molar-refractivity contribution in [3.63, 3.8) is 0 Å². The summed E-state index contributed by atoms with van der Waals surface area (Å²) >= 11 is 0. The molecule has 96 valence electrons. The quantitative estimate of drug-likeness (QED) is 0.770. The van der Waals surface area contributed by atoms with Crippen molar-refractivity contribution in [2.75, 3.05) is 20.7 Å². The molecule has 1 N–H and O–H groups in total. The van der Waals surface area contributed by atoms with Crippen LogP contribution in [0.15, 0.2) is 18.3 Å². The lowest BCUT2D eigenvalue weighted by Gasteiger charge is -2.24. The number of aromatic nitrogens is 1. The van der Waals surface area contributed by atoms with Crippen LogP contribution in [-0.4, -0.2) is 36.6 Å². The van der Waals surface area contributed by atoms with Gasteiger partial charge in [0, 0.05) is 25.0 Å². The lowest BCUT2D eigenvalue weighted by molar-refractivity contribution is -0.147. The Hall–Kier alpha value is -1.29. The molecule has 0 saturated carbocycles. The third kappa shape index (κ3) is 4.23. The first kappa shape index (κ1) is 13.8. The van der Waals surface area contributed by atoms with Crippen LogP contribution < -0.4 is 0 Å². The number of ether oxygens (including phenoxy) is 1. The van der Waals surface area contributed by atoms with Crippen LogP contribution in [0.5, 0.6) is 0 Å². The maximum atomic E-state index is 11.6. The monoisotopic (exact) mass is 238 g/mol. The Balaban J connectivity index is 2.52. The van der Waals surface area contributed by atoms with E-state index < -0.39 is 0 Å². The molecule has 1 rings (SSSR count). The fourth-order valence-corrected chi connectivity index (χ4v) is 1.87. The molecule has 0 aliphatic heterocycles. The predicted octanol–water partition coefficient (Wildman–Crippen LogP) is 1.89. The minimum absolute atomic E-state index is 0.0695. The minimum Gasteiger partial charge on any atom is -0.469 e. The molecule has 0 aliphatic carbocycles. The Morgan fingerprint density at radius 3 is 2.71 bits per heavy atom. The largest absolute Gasteiger partial charge is 0.469 e. The molecule has 4 heteroatoms. The molecule has 17 heavy (non-hydrogen) atoms. The van der Waals surface area contributed by atoms with Crippen LogP contribution in [-0.2, 0) is 16.1 Å². The molecule has 0 radical (unpaired) electrons. The van der Waals surface area contributed by atoms with Gasteiger partial charge in [0.1, 0.15) is 0 Å². The van der Waals surface area contributed by atoms with Crippen molar-refractivity contribution in [3.05, 3.63) is 24.0 Å². The zero-order chi connectivity index (χ0) is 12.8. The third-order valence-electron chi connectivity index (χ3n) is 2.92. The summed E-state index contributed by atoms with van der Waals surface area (Å²) in [4.78, 5) is 16.9. The van der Waals surface area contributed by atoms with Crippen molar-refractivity contribution in [2.24, 2.45) is 11.8 Å². The highest BCUT2D eigenvalue weighted by Gasteiger charge is 2.24. The van der Waals surface area contributed by atoms with Crippen LogP contribution in [0.1, 0.15) is 19.5 Å². The van der Waals surface area contributed by atoms with E-state index in [1.54, 1.807) is 0 Å². The summed E-state index contributed by atoms with van der Waals surface area (Å²) in [6.07, 6.45) is 1.91. The first-order valence-corrected chi connectivity index (χ1v) is 5.93. The van der Waals surface area contributed by atoms with Crippen LogP contribution in [0.25, 0.3) is 0 Å². The van der Waals surface area contributed by atoms with Gasteiger partial charge in [-0.3, -0.25) is 9.69 Å². The number of methoxy groups -OCH3 is 1. The average Bonchev–Trinajstić information content (AvgIpc) is 2.77. The Morgan fingerprint density at radius 2 is 2.24 bits per heavy atom. The number of H-pyrrole nitrogens is 1. The number of rotatable bonds is 6.